The molecule has 1 saturated heterocycles. The first-order chi connectivity index (χ1) is 9.28. The molecule has 5 heteroatoms. The molecule has 3 heterocycles. The molecule has 0 unspecified atom stereocenters. The van der Waals surface area contributed by atoms with Crippen molar-refractivity contribution >= 4 is 5.97 Å². The van der Waals surface area contributed by atoms with E-state index in [0.717, 1.165) is 38.4 Å². The predicted octanol–water partition coefficient (Wildman–Crippen LogP) is 1.02. The Balaban J connectivity index is 1.77. The zero-order chi connectivity index (χ0) is 13.2. The number of carbonyl (C=O) groups excluding carboxylic acids is 1. The average molecular weight is 262 g/mol. The predicted molar refractivity (Wildman–Crippen MR) is 68.9 cm³/mol. The van der Waals surface area contributed by atoms with E-state index in [-0.39, 0.29) is 5.97 Å². The summed E-state index contributed by atoms with van der Waals surface area (Å²) in [6, 6.07) is 4.28. The normalized spacial score (nSPS) is 19.6. The second-order valence-electron chi connectivity index (χ2n) is 4.93. The van der Waals surface area contributed by atoms with Gasteiger partial charge in [-0.3, -0.25) is 4.90 Å². The van der Waals surface area contributed by atoms with Gasteiger partial charge in [0, 0.05) is 13.1 Å². The van der Waals surface area contributed by atoms with E-state index in [0.29, 0.717) is 18.3 Å². The SMILES string of the molecule is CCOC(=O)c1ccc2c(n1)CN(C1COC1)CC2. The number of fused-ring (bicyclic) bond motifs is 1. The highest BCUT2D eigenvalue weighted by atomic mass is 16.5. The van der Waals surface area contributed by atoms with Crippen molar-refractivity contribution in [2.75, 3.05) is 26.4 Å². The van der Waals surface area contributed by atoms with Crippen molar-refractivity contribution in [1.82, 2.24) is 9.88 Å². The van der Waals surface area contributed by atoms with E-state index in [1.165, 1.54) is 5.56 Å². The van der Waals surface area contributed by atoms with E-state index < -0.39 is 0 Å². The lowest BCUT2D eigenvalue weighted by Crippen LogP contribution is -2.50. The fourth-order valence-corrected chi connectivity index (χ4v) is 2.49. The Hall–Kier alpha value is -1.46. The van der Waals surface area contributed by atoms with Crippen LogP contribution in [0.4, 0.5) is 0 Å². The molecule has 0 amide bonds. The molecule has 3 rings (SSSR count). The topological polar surface area (TPSA) is 51.7 Å². The van der Waals surface area contributed by atoms with Gasteiger partial charge in [-0.2, -0.15) is 0 Å². The fourth-order valence-electron chi connectivity index (χ4n) is 2.49. The third kappa shape index (κ3) is 2.48. The van der Waals surface area contributed by atoms with Gasteiger partial charge in [0.1, 0.15) is 5.69 Å². The summed E-state index contributed by atoms with van der Waals surface area (Å²) < 4.78 is 10.2. The number of pyridine rings is 1. The molecule has 0 aliphatic carbocycles. The Morgan fingerprint density at radius 1 is 1.53 bits per heavy atom. The van der Waals surface area contributed by atoms with Gasteiger partial charge in [-0.15, -0.1) is 0 Å². The highest BCUT2D eigenvalue weighted by molar-refractivity contribution is 5.87. The maximum atomic E-state index is 11.7. The van der Waals surface area contributed by atoms with E-state index in [4.69, 9.17) is 9.47 Å². The summed E-state index contributed by atoms with van der Waals surface area (Å²) in [5.74, 6) is -0.339. The van der Waals surface area contributed by atoms with Gasteiger partial charge in [0.15, 0.2) is 0 Å². The van der Waals surface area contributed by atoms with Gasteiger partial charge in [-0.05, 0) is 25.0 Å². The number of aromatic nitrogens is 1. The molecule has 0 bridgehead atoms. The first kappa shape index (κ1) is 12.6. The minimum Gasteiger partial charge on any atom is -0.461 e. The van der Waals surface area contributed by atoms with E-state index in [1.54, 1.807) is 13.0 Å². The summed E-state index contributed by atoms with van der Waals surface area (Å²) in [7, 11) is 0. The van der Waals surface area contributed by atoms with Crippen LogP contribution in [0.2, 0.25) is 0 Å². The lowest BCUT2D eigenvalue weighted by atomic mass is 10.0. The lowest BCUT2D eigenvalue weighted by Gasteiger charge is -2.39. The summed E-state index contributed by atoms with van der Waals surface area (Å²) in [5, 5.41) is 0. The van der Waals surface area contributed by atoms with Gasteiger partial charge in [0.25, 0.3) is 0 Å². The zero-order valence-electron chi connectivity index (χ0n) is 11.1. The Labute approximate surface area is 112 Å². The summed E-state index contributed by atoms with van der Waals surface area (Å²) in [4.78, 5) is 18.5. The Kier molecular flexibility index (Phi) is 3.48. The largest absolute Gasteiger partial charge is 0.461 e. The van der Waals surface area contributed by atoms with Crippen LogP contribution in [0.25, 0.3) is 0 Å². The molecule has 5 nitrogen and oxygen atoms in total. The molecule has 0 atom stereocenters. The van der Waals surface area contributed by atoms with Crippen LogP contribution >= 0.6 is 0 Å². The fraction of sp³-hybridized carbons (Fsp3) is 0.571. The van der Waals surface area contributed by atoms with Crippen molar-refractivity contribution in [3.63, 3.8) is 0 Å². The highest BCUT2D eigenvalue weighted by Crippen LogP contribution is 2.22. The molecule has 0 aromatic carbocycles. The van der Waals surface area contributed by atoms with Crippen molar-refractivity contribution in [2.45, 2.75) is 25.9 Å². The van der Waals surface area contributed by atoms with Crippen LogP contribution in [-0.4, -0.2) is 48.3 Å². The van der Waals surface area contributed by atoms with Crippen LogP contribution in [0.3, 0.4) is 0 Å². The van der Waals surface area contributed by atoms with Crippen LogP contribution in [0.15, 0.2) is 12.1 Å². The van der Waals surface area contributed by atoms with E-state index in [2.05, 4.69) is 9.88 Å². The molecule has 0 N–H and O–H groups in total. The quantitative estimate of drug-likeness (QED) is 0.761. The van der Waals surface area contributed by atoms with Crippen molar-refractivity contribution in [2.24, 2.45) is 0 Å². The van der Waals surface area contributed by atoms with Gasteiger partial charge >= 0.3 is 5.97 Å². The van der Waals surface area contributed by atoms with Crippen LogP contribution in [0, 0.1) is 0 Å². The number of ether oxygens (including phenoxy) is 2. The summed E-state index contributed by atoms with van der Waals surface area (Å²) in [6.07, 6.45) is 0.988. The van der Waals surface area contributed by atoms with Crippen molar-refractivity contribution in [1.29, 1.82) is 0 Å². The summed E-state index contributed by atoms with van der Waals surface area (Å²) in [6.45, 7) is 5.65. The number of nitrogens with zero attached hydrogens (tertiary/aromatic N) is 2. The molecule has 102 valence electrons. The standard InChI is InChI=1S/C14H18N2O3/c1-2-19-14(17)12-4-3-10-5-6-16(7-13(10)15-12)11-8-18-9-11/h3-4,11H,2,5-9H2,1H3. The van der Waals surface area contributed by atoms with E-state index >= 15 is 0 Å². The monoisotopic (exact) mass is 262 g/mol. The minimum absolute atomic E-state index is 0.339. The second-order valence-corrected chi connectivity index (χ2v) is 4.93. The Bertz CT molecular complexity index is 486. The number of rotatable bonds is 3. The van der Waals surface area contributed by atoms with Gasteiger partial charge in [-0.1, -0.05) is 6.07 Å². The molecule has 0 spiro atoms. The smallest absolute Gasteiger partial charge is 0.356 e. The molecule has 2 aliphatic heterocycles. The van der Waals surface area contributed by atoms with Crippen LogP contribution < -0.4 is 0 Å². The third-order valence-corrected chi connectivity index (χ3v) is 3.71. The van der Waals surface area contributed by atoms with E-state index in [9.17, 15) is 4.79 Å². The van der Waals surface area contributed by atoms with Crippen LogP contribution in [0.1, 0.15) is 28.7 Å². The maximum absolute atomic E-state index is 11.7. The maximum Gasteiger partial charge on any atom is 0.356 e. The van der Waals surface area contributed by atoms with Gasteiger partial charge in [0.05, 0.1) is 31.6 Å². The van der Waals surface area contributed by atoms with Crippen molar-refractivity contribution < 1.29 is 14.3 Å². The van der Waals surface area contributed by atoms with Gasteiger partial charge < -0.3 is 9.47 Å². The second kappa shape index (κ2) is 5.27. The Morgan fingerprint density at radius 3 is 3.05 bits per heavy atom. The minimum atomic E-state index is -0.339. The number of hydrogen-bond acceptors (Lipinski definition) is 5. The van der Waals surface area contributed by atoms with Gasteiger partial charge in [0.2, 0.25) is 0 Å². The average Bonchev–Trinajstić information content (AvgIpc) is 2.36. The Morgan fingerprint density at radius 2 is 2.37 bits per heavy atom. The molecule has 0 radical (unpaired) electrons. The van der Waals surface area contributed by atoms with Gasteiger partial charge in [-0.25, -0.2) is 9.78 Å². The first-order valence-electron chi connectivity index (χ1n) is 6.75. The number of hydrogen-bond donors (Lipinski definition) is 0. The lowest BCUT2D eigenvalue weighted by molar-refractivity contribution is -0.0699. The molecule has 1 aromatic heterocycles. The molecule has 1 aromatic rings. The van der Waals surface area contributed by atoms with Crippen LogP contribution in [0.5, 0.6) is 0 Å². The zero-order valence-corrected chi connectivity index (χ0v) is 11.1. The molecule has 2 aliphatic rings. The van der Waals surface area contributed by atoms with Crippen molar-refractivity contribution in [3.05, 3.63) is 29.1 Å². The summed E-state index contributed by atoms with van der Waals surface area (Å²) in [5.41, 5.74) is 2.65. The molecule has 19 heavy (non-hydrogen) atoms. The van der Waals surface area contributed by atoms with E-state index in [1.807, 2.05) is 6.07 Å². The number of carbonyl (C=O) groups is 1. The molecule has 0 saturated carbocycles. The first-order valence-corrected chi connectivity index (χ1v) is 6.75. The number of esters is 1. The molecular formula is C14H18N2O3. The molecule has 1 fully saturated rings. The summed E-state index contributed by atoms with van der Waals surface area (Å²) >= 11 is 0. The molecular weight excluding hydrogens is 244 g/mol. The third-order valence-electron chi connectivity index (χ3n) is 3.71. The van der Waals surface area contributed by atoms with Crippen molar-refractivity contribution in [3.8, 4) is 0 Å². The highest BCUT2D eigenvalue weighted by Gasteiger charge is 2.29. The van der Waals surface area contributed by atoms with Crippen LogP contribution in [-0.2, 0) is 22.4 Å².